The third-order valence-electron chi connectivity index (χ3n) is 5.49. The van der Waals surface area contributed by atoms with Crippen LogP contribution in [0, 0.1) is 13.8 Å². The first-order valence-corrected chi connectivity index (χ1v) is 12.8. The number of amides is 1. The van der Waals surface area contributed by atoms with Gasteiger partial charge in [0.2, 0.25) is 5.91 Å². The van der Waals surface area contributed by atoms with Crippen molar-refractivity contribution < 1.29 is 4.79 Å². The van der Waals surface area contributed by atoms with Crippen LogP contribution in [0.15, 0.2) is 69.9 Å². The van der Waals surface area contributed by atoms with Crippen molar-refractivity contribution in [3.05, 3.63) is 87.0 Å². The summed E-state index contributed by atoms with van der Waals surface area (Å²) in [6.45, 7) is 6.04. The van der Waals surface area contributed by atoms with Gasteiger partial charge in [0.15, 0.2) is 5.16 Å². The van der Waals surface area contributed by atoms with Crippen LogP contribution in [-0.4, -0.2) is 27.3 Å². The summed E-state index contributed by atoms with van der Waals surface area (Å²) in [5.41, 5.74) is 4.76. The van der Waals surface area contributed by atoms with Crippen LogP contribution < -0.4 is 10.9 Å². The lowest BCUT2D eigenvalue weighted by Gasteiger charge is -2.16. The molecule has 170 valence electrons. The first-order valence-electron chi connectivity index (χ1n) is 11.0. The van der Waals surface area contributed by atoms with Crippen molar-refractivity contribution in [3.8, 4) is 5.69 Å². The second kappa shape index (κ2) is 10.4. The molecule has 1 N–H and O–H groups in total. The molecule has 4 rings (SSSR count). The van der Waals surface area contributed by atoms with E-state index in [1.165, 1.54) is 28.7 Å². The van der Waals surface area contributed by atoms with Crippen LogP contribution in [0.4, 0.5) is 0 Å². The number of hydrogen-bond acceptors (Lipinski definition) is 5. The Morgan fingerprint density at radius 2 is 1.94 bits per heavy atom. The molecule has 2 heterocycles. The van der Waals surface area contributed by atoms with Crippen molar-refractivity contribution in [2.45, 2.75) is 44.8 Å². The fourth-order valence-electron chi connectivity index (χ4n) is 3.80. The molecule has 0 bridgehead atoms. The van der Waals surface area contributed by atoms with Gasteiger partial charge in [-0.2, -0.15) is 0 Å². The highest BCUT2D eigenvalue weighted by Gasteiger charge is 2.17. The maximum atomic E-state index is 13.3. The third kappa shape index (κ3) is 5.54. The molecular weight excluding hydrogens is 450 g/mol. The predicted octanol–water partition coefficient (Wildman–Crippen LogP) is 5.29. The SMILES string of the molecule is Cc1ccc(-n2c(SCC(=O)N[C@@H](C)CCc3ccccc3)nc3ccsc3c2=O)c(C)c1. The standard InChI is InChI=1S/C26H27N3O2S2/c1-17-9-12-22(18(2)15-17)29-25(31)24-21(13-14-32-24)28-26(29)33-16-23(30)27-19(3)10-11-20-7-5-4-6-8-20/h4-9,12-15,19H,10-11,16H2,1-3H3,(H,27,30)/t19-/m0/s1. The first-order chi connectivity index (χ1) is 15.9. The van der Waals surface area contributed by atoms with Crippen LogP contribution in [0.3, 0.4) is 0 Å². The van der Waals surface area contributed by atoms with Crippen molar-refractivity contribution in [3.63, 3.8) is 0 Å². The Morgan fingerprint density at radius 1 is 1.15 bits per heavy atom. The van der Waals surface area contributed by atoms with Gasteiger partial charge in [-0.15, -0.1) is 11.3 Å². The minimum Gasteiger partial charge on any atom is -0.353 e. The zero-order valence-electron chi connectivity index (χ0n) is 19.0. The number of fused-ring (bicyclic) bond motifs is 1. The van der Waals surface area contributed by atoms with Gasteiger partial charge in [-0.3, -0.25) is 14.2 Å². The summed E-state index contributed by atoms with van der Waals surface area (Å²) < 4.78 is 2.27. The molecule has 0 fully saturated rings. The van der Waals surface area contributed by atoms with E-state index in [1.807, 2.05) is 62.5 Å². The number of nitrogens with zero attached hydrogens (tertiary/aromatic N) is 2. The fourth-order valence-corrected chi connectivity index (χ4v) is 5.38. The number of rotatable bonds is 8. The van der Waals surface area contributed by atoms with E-state index in [2.05, 4.69) is 23.5 Å². The van der Waals surface area contributed by atoms with Gasteiger partial charge < -0.3 is 5.32 Å². The fraction of sp³-hybridized carbons (Fsp3) is 0.269. The highest BCUT2D eigenvalue weighted by atomic mass is 32.2. The Labute approximate surface area is 201 Å². The van der Waals surface area contributed by atoms with Gasteiger partial charge in [0.25, 0.3) is 5.56 Å². The summed E-state index contributed by atoms with van der Waals surface area (Å²) in [6, 6.07) is 18.2. The summed E-state index contributed by atoms with van der Waals surface area (Å²) in [6.07, 6.45) is 1.78. The zero-order valence-corrected chi connectivity index (χ0v) is 20.6. The molecule has 1 atom stereocenters. The Hall–Kier alpha value is -2.90. The Morgan fingerprint density at radius 3 is 2.70 bits per heavy atom. The number of thioether (sulfide) groups is 1. The number of nitrogens with one attached hydrogen (secondary N) is 1. The van der Waals surface area contributed by atoms with Gasteiger partial charge in [-0.25, -0.2) is 4.98 Å². The molecule has 1 amide bonds. The normalized spacial score (nSPS) is 12.1. The molecule has 0 aliphatic heterocycles. The van der Waals surface area contributed by atoms with Crippen molar-refractivity contribution in [1.82, 2.24) is 14.9 Å². The maximum absolute atomic E-state index is 13.3. The monoisotopic (exact) mass is 477 g/mol. The minimum atomic E-state index is -0.0962. The molecular formula is C26H27N3O2S2. The largest absolute Gasteiger partial charge is 0.353 e. The molecule has 0 unspecified atom stereocenters. The van der Waals surface area contributed by atoms with Crippen molar-refractivity contribution >= 4 is 39.2 Å². The molecule has 0 spiro atoms. The lowest BCUT2D eigenvalue weighted by molar-refractivity contribution is -0.119. The van der Waals surface area contributed by atoms with Crippen LogP contribution in [0.2, 0.25) is 0 Å². The predicted molar refractivity (Wildman–Crippen MR) is 138 cm³/mol. The van der Waals surface area contributed by atoms with Gasteiger partial charge in [-0.1, -0.05) is 59.8 Å². The van der Waals surface area contributed by atoms with Crippen molar-refractivity contribution in [2.24, 2.45) is 0 Å². The first kappa shape index (κ1) is 23.3. The summed E-state index contributed by atoms with van der Waals surface area (Å²) in [7, 11) is 0. The van der Waals surface area contributed by atoms with Crippen molar-refractivity contribution in [1.29, 1.82) is 0 Å². The van der Waals surface area contributed by atoms with E-state index in [9.17, 15) is 9.59 Å². The van der Waals surface area contributed by atoms with Crippen LogP contribution in [0.25, 0.3) is 15.9 Å². The molecule has 5 nitrogen and oxygen atoms in total. The van der Waals surface area contributed by atoms with Gasteiger partial charge >= 0.3 is 0 Å². The van der Waals surface area contributed by atoms with Gasteiger partial charge in [-0.05, 0) is 62.3 Å². The third-order valence-corrected chi connectivity index (χ3v) is 7.32. The lowest BCUT2D eigenvalue weighted by atomic mass is 10.1. The number of aromatic nitrogens is 2. The number of aryl methyl sites for hydroxylation is 3. The highest BCUT2D eigenvalue weighted by molar-refractivity contribution is 7.99. The van der Waals surface area contributed by atoms with Gasteiger partial charge in [0, 0.05) is 6.04 Å². The second-order valence-electron chi connectivity index (χ2n) is 8.24. The van der Waals surface area contributed by atoms with Crippen LogP contribution in [0.1, 0.15) is 30.0 Å². The molecule has 4 aromatic rings. The molecule has 2 aromatic heterocycles. The zero-order chi connectivity index (χ0) is 23.4. The molecule has 0 radical (unpaired) electrons. The summed E-state index contributed by atoms with van der Waals surface area (Å²) >= 11 is 2.69. The van der Waals surface area contributed by atoms with E-state index in [0.717, 1.165) is 29.7 Å². The van der Waals surface area contributed by atoms with Crippen molar-refractivity contribution in [2.75, 3.05) is 5.75 Å². The number of carbonyl (C=O) groups is 1. The molecule has 2 aromatic carbocycles. The average Bonchev–Trinajstić information content (AvgIpc) is 3.27. The van der Waals surface area contributed by atoms with Gasteiger partial charge in [0.05, 0.1) is 17.0 Å². The average molecular weight is 478 g/mol. The number of thiophene rings is 1. The minimum absolute atomic E-state index is 0.0622. The Bertz CT molecular complexity index is 1330. The Balaban J connectivity index is 1.50. The number of carbonyl (C=O) groups excluding carboxylic acids is 1. The van der Waals surface area contributed by atoms with E-state index >= 15 is 0 Å². The Kier molecular flexibility index (Phi) is 7.30. The molecule has 0 saturated heterocycles. The molecule has 33 heavy (non-hydrogen) atoms. The maximum Gasteiger partial charge on any atom is 0.276 e. The lowest BCUT2D eigenvalue weighted by Crippen LogP contribution is -2.34. The van der Waals surface area contributed by atoms with E-state index in [4.69, 9.17) is 4.98 Å². The molecule has 7 heteroatoms. The quantitative estimate of drug-likeness (QED) is 0.277. The van der Waals surface area contributed by atoms with Gasteiger partial charge in [0.1, 0.15) is 4.70 Å². The highest BCUT2D eigenvalue weighted by Crippen LogP contribution is 2.25. The van der Waals surface area contributed by atoms with E-state index in [1.54, 1.807) is 4.57 Å². The van der Waals surface area contributed by atoms with Crippen LogP contribution in [0.5, 0.6) is 0 Å². The number of hydrogen-bond donors (Lipinski definition) is 1. The number of benzene rings is 2. The smallest absolute Gasteiger partial charge is 0.276 e. The van der Waals surface area contributed by atoms with E-state index in [-0.39, 0.29) is 23.3 Å². The van der Waals surface area contributed by atoms with E-state index in [0.29, 0.717) is 15.4 Å². The van der Waals surface area contributed by atoms with Crippen LogP contribution in [-0.2, 0) is 11.2 Å². The summed E-state index contributed by atoms with van der Waals surface area (Å²) in [4.78, 5) is 30.7. The molecule has 0 aliphatic rings. The topological polar surface area (TPSA) is 64.0 Å². The van der Waals surface area contributed by atoms with E-state index < -0.39 is 0 Å². The summed E-state index contributed by atoms with van der Waals surface area (Å²) in [5, 5.41) is 5.48. The molecule has 0 saturated carbocycles. The second-order valence-corrected chi connectivity index (χ2v) is 10.1. The molecule has 0 aliphatic carbocycles. The van der Waals surface area contributed by atoms with Crippen LogP contribution >= 0.6 is 23.1 Å². The summed E-state index contributed by atoms with van der Waals surface area (Å²) in [5.74, 6) is 0.135.